The van der Waals surface area contributed by atoms with Crippen LogP contribution in [0.5, 0.6) is 0 Å². The lowest BCUT2D eigenvalue weighted by atomic mass is 9.77. The quantitative estimate of drug-likeness (QED) is 0.255. The van der Waals surface area contributed by atoms with Gasteiger partial charge in [0.25, 0.3) is 0 Å². The van der Waals surface area contributed by atoms with E-state index in [-0.39, 0.29) is 11.4 Å². The van der Waals surface area contributed by atoms with Gasteiger partial charge in [-0.2, -0.15) is 0 Å². The van der Waals surface area contributed by atoms with Crippen molar-refractivity contribution in [3.05, 3.63) is 149 Å². The number of aliphatic carboxylic acids is 1. The molecular formula is C29H21FN4O2. The highest BCUT2D eigenvalue weighted by Crippen LogP contribution is 2.39. The standard InChI is InChI=1S/C29H21FN4O2/c30-25-18-16-21(17-19-25)20-26(28(35)36)27-31-33-34(32-27)29(22-10-4-1-5-11-22,23-12-6-2-7-13-23)24-14-8-3-9-15-24/h1-20H,(H,35,36). The zero-order chi connectivity index (χ0) is 25.0. The smallest absolute Gasteiger partial charge is 0.339 e. The van der Waals surface area contributed by atoms with Crippen molar-refractivity contribution in [2.24, 2.45) is 0 Å². The van der Waals surface area contributed by atoms with Gasteiger partial charge in [-0.15, -0.1) is 15.0 Å². The molecule has 1 N–H and O–H groups in total. The molecule has 0 amide bonds. The first-order valence-electron chi connectivity index (χ1n) is 11.3. The van der Waals surface area contributed by atoms with Crippen LogP contribution < -0.4 is 0 Å². The van der Waals surface area contributed by atoms with Gasteiger partial charge in [-0.25, -0.2) is 9.18 Å². The van der Waals surface area contributed by atoms with Crippen LogP contribution in [0.3, 0.4) is 0 Å². The van der Waals surface area contributed by atoms with Gasteiger partial charge in [0.15, 0.2) is 5.54 Å². The van der Waals surface area contributed by atoms with Gasteiger partial charge in [-0.05, 0) is 45.7 Å². The SMILES string of the molecule is O=C(O)C(=Cc1ccc(F)cc1)c1nnn(C(c2ccccc2)(c2ccccc2)c2ccccc2)n1. The largest absolute Gasteiger partial charge is 0.478 e. The molecule has 0 spiro atoms. The first-order chi connectivity index (χ1) is 17.6. The lowest BCUT2D eigenvalue weighted by Gasteiger charge is -2.34. The molecule has 0 unspecified atom stereocenters. The van der Waals surface area contributed by atoms with Gasteiger partial charge in [0, 0.05) is 0 Å². The van der Waals surface area contributed by atoms with Crippen LogP contribution in [0.2, 0.25) is 0 Å². The minimum atomic E-state index is -1.22. The van der Waals surface area contributed by atoms with Gasteiger partial charge >= 0.3 is 5.97 Å². The topological polar surface area (TPSA) is 80.9 Å². The normalized spacial score (nSPS) is 11.9. The van der Waals surface area contributed by atoms with Crippen molar-refractivity contribution in [2.75, 3.05) is 0 Å². The van der Waals surface area contributed by atoms with Crippen molar-refractivity contribution in [3.8, 4) is 0 Å². The molecule has 0 atom stereocenters. The van der Waals surface area contributed by atoms with Crippen molar-refractivity contribution in [1.82, 2.24) is 20.2 Å². The van der Waals surface area contributed by atoms with Gasteiger partial charge < -0.3 is 5.11 Å². The number of hydrogen-bond acceptors (Lipinski definition) is 4. The Morgan fingerprint density at radius 3 is 1.67 bits per heavy atom. The molecule has 0 saturated carbocycles. The summed E-state index contributed by atoms with van der Waals surface area (Å²) in [6.45, 7) is 0. The molecule has 36 heavy (non-hydrogen) atoms. The number of carbonyl (C=O) groups is 1. The van der Waals surface area contributed by atoms with E-state index in [4.69, 9.17) is 0 Å². The zero-order valence-corrected chi connectivity index (χ0v) is 19.1. The highest BCUT2D eigenvalue weighted by atomic mass is 19.1. The van der Waals surface area contributed by atoms with E-state index in [1.165, 1.54) is 35.1 Å². The minimum absolute atomic E-state index is 0.0565. The third-order valence-electron chi connectivity index (χ3n) is 5.94. The third kappa shape index (κ3) is 4.18. The fraction of sp³-hybridized carbons (Fsp3) is 0.0345. The van der Waals surface area contributed by atoms with Crippen molar-refractivity contribution < 1.29 is 14.3 Å². The second-order valence-electron chi connectivity index (χ2n) is 8.13. The van der Waals surface area contributed by atoms with Crippen LogP contribution in [0.15, 0.2) is 115 Å². The monoisotopic (exact) mass is 476 g/mol. The predicted octanol–water partition coefficient (Wildman–Crippen LogP) is 5.28. The molecule has 0 radical (unpaired) electrons. The minimum Gasteiger partial charge on any atom is -0.478 e. The van der Waals surface area contributed by atoms with Crippen molar-refractivity contribution in [3.63, 3.8) is 0 Å². The summed E-state index contributed by atoms with van der Waals surface area (Å²) in [7, 11) is 0. The Morgan fingerprint density at radius 2 is 1.22 bits per heavy atom. The fourth-order valence-electron chi connectivity index (χ4n) is 4.30. The van der Waals surface area contributed by atoms with Crippen LogP contribution in [0.4, 0.5) is 4.39 Å². The Bertz CT molecular complexity index is 1400. The number of carboxylic acids is 1. The van der Waals surface area contributed by atoms with Gasteiger partial charge in [0.05, 0.1) is 0 Å². The van der Waals surface area contributed by atoms with Gasteiger partial charge in [-0.3, -0.25) is 0 Å². The maximum atomic E-state index is 13.3. The number of benzene rings is 4. The average Bonchev–Trinajstić information content (AvgIpc) is 3.40. The second kappa shape index (κ2) is 9.76. The molecule has 4 aromatic carbocycles. The number of nitrogens with zero attached hydrogens (tertiary/aromatic N) is 4. The van der Waals surface area contributed by atoms with Crippen LogP contribution in [-0.2, 0) is 10.3 Å². The summed E-state index contributed by atoms with van der Waals surface area (Å²) in [5.74, 6) is -1.69. The molecule has 1 heterocycles. The van der Waals surface area contributed by atoms with E-state index < -0.39 is 17.3 Å². The lowest BCUT2D eigenvalue weighted by molar-refractivity contribution is -0.130. The molecular weight excluding hydrogens is 455 g/mol. The first-order valence-corrected chi connectivity index (χ1v) is 11.3. The third-order valence-corrected chi connectivity index (χ3v) is 5.94. The van der Waals surface area contributed by atoms with E-state index in [1.807, 2.05) is 91.0 Å². The molecule has 6 nitrogen and oxygen atoms in total. The summed E-state index contributed by atoms with van der Waals surface area (Å²) < 4.78 is 13.3. The van der Waals surface area contributed by atoms with E-state index in [2.05, 4.69) is 15.4 Å². The molecule has 0 aliphatic carbocycles. The van der Waals surface area contributed by atoms with E-state index in [9.17, 15) is 14.3 Å². The zero-order valence-electron chi connectivity index (χ0n) is 19.1. The fourth-order valence-corrected chi connectivity index (χ4v) is 4.30. The number of tetrazole rings is 1. The van der Waals surface area contributed by atoms with Crippen LogP contribution in [0.1, 0.15) is 28.1 Å². The van der Waals surface area contributed by atoms with Crippen molar-refractivity contribution >= 4 is 17.6 Å². The summed E-state index contributed by atoms with van der Waals surface area (Å²) in [6, 6.07) is 34.8. The highest BCUT2D eigenvalue weighted by Gasteiger charge is 2.41. The lowest BCUT2D eigenvalue weighted by Crippen LogP contribution is -2.39. The van der Waals surface area contributed by atoms with Crippen molar-refractivity contribution in [1.29, 1.82) is 0 Å². The summed E-state index contributed by atoms with van der Waals surface area (Å²) >= 11 is 0. The Kier molecular flexibility index (Phi) is 6.19. The molecule has 0 aliphatic heterocycles. The van der Waals surface area contributed by atoms with Crippen LogP contribution in [-0.4, -0.2) is 31.3 Å². The maximum absolute atomic E-state index is 13.3. The molecule has 0 saturated heterocycles. The number of hydrogen-bond donors (Lipinski definition) is 1. The Hall–Kier alpha value is -4.91. The number of rotatable bonds is 7. The second-order valence-corrected chi connectivity index (χ2v) is 8.13. The molecule has 7 heteroatoms. The molecule has 5 aromatic rings. The molecule has 0 bridgehead atoms. The molecule has 0 fully saturated rings. The van der Waals surface area contributed by atoms with E-state index >= 15 is 0 Å². The molecule has 5 rings (SSSR count). The number of aromatic nitrogens is 4. The predicted molar refractivity (Wildman–Crippen MR) is 134 cm³/mol. The maximum Gasteiger partial charge on any atom is 0.339 e. The Balaban J connectivity index is 1.75. The van der Waals surface area contributed by atoms with E-state index in [1.54, 1.807) is 0 Å². The number of halogens is 1. The van der Waals surface area contributed by atoms with Gasteiger partial charge in [-0.1, -0.05) is 103 Å². The molecule has 0 aliphatic rings. The summed E-state index contributed by atoms with van der Waals surface area (Å²) in [5, 5.41) is 23.1. The average molecular weight is 477 g/mol. The van der Waals surface area contributed by atoms with Gasteiger partial charge in [0.1, 0.15) is 11.4 Å². The van der Waals surface area contributed by atoms with Crippen LogP contribution in [0.25, 0.3) is 11.6 Å². The number of carboxylic acid groups (broad SMARTS) is 1. The first kappa shape index (κ1) is 22.9. The van der Waals surface area contributed by atoms with E-state index in [0.29, 0.717) is 5.56 Å². The Labute approximate surface area is 207 Å². The highest BCUT2D eigenvalue weighted by molar-refractivity contribution is 6.19. The van der Waals surface area contributed by atoms with Gasteiger partial charge in [0.2, 0.25) is 5.82 Å². The Morgan fingerprint density at radius 1 is 0.750 bits per heavy atom. The van der Waals surface area contributed by atoms with E-state index in [0.717, 1.165) is 16.7 Å². The molecule has 1 aromatic heterocycles. The van der Waals surface area contributed by atoms with Crippen LogP contribution >= 0.6 is 0 Å². The summed E-state index contributed by atoms with van der Waals surface area (Å²) in [4.78, 5) is 13.6. The molecule has 176 valence electrons. The van der Waals surface area contributed by atoms with Crippen molar-refractivity contribution in [2.45, 2.75) is 5.54 Å². The summed E-state index contributed by atoms with van der Waals surface area (Å²) in [6.07, 6.45) is 1.40. The summed E-state index contributed by atoms with van der Waals surface area (Å²) in [5.41, 5.74) is 1.97. The van der Waals surface area contributed by atoms with Crippen LogP contribution in [0, 0.1) is 5.82 Å².